The van der Waals surface area contributed by atoms with Gasteiger partial charge in [-0.15, -0.1) is 11.3 Å². The van der Waals surface area contributed by atoms with Gasteiger partial charge in [-0.2, -0.15) is 12.6 Å². The number of ether oxygens (including phenoxy) is 1. The van der Waals surface area contributed by atoms with Crippen molar-refractivity contribution in [1.82, 2.24) is 4.98 Å². The Morgan fingerprint density at radius 1 is 1.33 bits per heavy atom. The zero-order chi connectivity index (χ0) is 13.1. The molecule has 0 aliphatic heterocycles. The maximum absolute atomic E-state index is 5.39. The molecule has 0 saturated carbocycles. The average molecular weight is 279 g/mol. The van der Waals surface area contributed by atoms with Crippen LogP contribution < -0.4 is 4.74 Å². The van der Waals surface area contributed by atoms with Gasteiger partial charge < -0.3 is 4.74 Å². The third-order valence-electron chi connectivity index (χ3n) is 2.76. The van der Waals surface area contributed by atoms with Gasteiger partial charge in [-0.3, -0.25) is 0 Å². The van der Waals surface area contributed by atoms with Crippen molar-refractivity contribution in [3.8, 4) is 16.3 Å². The van der Waals surface area contributed by atoms with Gasteiger partial charge in [-0.1, -0.05) is 26.0 Å². The molecule has 0 fully saturated rings. The van der Waals surface area contributed by atoms with Crippen molar-refractivity contribution in [2.24, 2.45) is 0 Å². The van der Waals surface area contributed by atoms with Gasteiger partial charge in [-0.25, -0.2) is 4.98 Å². The molecule has 0 amide bonds. The van der Waals surface area contributed by atoms with E-state index in [4.69, 9.17) is 9.72 Å². The van der Waals surface area contributed by atoms with Crippen LogP contribution in [-0.4, -0.2) is 12.1 Å². The average Bonchev–Trinajstić information content (AvgIpc) is 2.82. The first-order valence-electron chi connectivity index (χ1n) is 5.91. The van der Waals surface area contributed by atoms with Crippen LogP contribution in [0.4, 0.5) is 0 Å². The Bertz CT molecular complexity index is 534. The Hall–Kier alpha value is -1.000. The van der Waals surface area contributed by atoms with Crippen LogP contribution in [0.3, 0.4) is 0 Å². The number of thiol groups is 1. The fourth-order valence-corrected chi connectivity index (χ4v) is 3.33. The minimum atomic E-state index is 0.423. The molecular weight excluding hydrogens is 262 g/mol. The smallest absolute Gasteiger partial charge is 0.129 e. The normalized spacial score (nSPS) is 10.9. The van der Waals surface area contributed by atoms with E-state index in [-0.39, 0.29) is 0 Å². The molecule has 0 unspecified atom stereocenters. The molecule has 2 nitrogen and oxygen atoms in total. The van der Waals surface area contributed by atoms with E-state index < -0.39 is 0 Å². The van der Waals surface area contributed by atoms with Crippen LogP contribution in [0.1, 0.15) is 30.3 Å². The van der Waals surface area contributed by atoms with E-state index in [0.717, 1.165) is 27.8 Å². The summed E-state index contributed by atoms with van der Waals surface area (Å²) in [7, 11) is 1.69. The van der Waals surface area contributed by atoms with Gasteiger partial charge in [0.15, 0.2) is 0 Å². The number of hydrogen-bond acceptors (Lipinski definition) is 4. The predicted octanol–water partition coefficient (Wildman–Crippen LogP) is 4.37. The number of rotatable bonds is 4. The zero-order valence-corrected chi connectivity index (χ0v) is 12.5. The van der Waals surface area contributed by atoms with Crippen LogP contribution in [0, 0.1) is 0 Å². The van der Waals surface area contributed by atoms with Gasteiger partial charge in [0.2, 0.25) is 0 Å². The third kappa shape index (κ3) is 2.54. The number of benzene rings is 1. The molecule has 1 aromatic heterocycles. The van der Waals surface area contributed by atoms with Gasteiger partial charge in [0.1, 0.15) is 10.8 Å². The van der Waals surface area contributed by atoms with Crippen molar-refractivity contribution in [2.75, 3.05) is 7.11 Å². The van der Waals surface area contributed by atoms with E-state index in [1.165, 1.54) is 4.88 Å². The number of hydrogen-bond donors (Lipinski definition) is 1. The summed E-state index contributed by atoms with van der Waals surface area (Å²) in [5, 5.41) is 1.01. The van der Waals surface area contributed by atoms with Gasteiger partial charge in [0, 0.05) is 10.6 Å². The number of aromatic nitrogens is 1. The van der Waals surface area contributed by atoms with Crippen LogP contribution in [0.5, 0.6) is 5.75 Å². The Labute approximate surface area is 117 Å². The standard InChI is InChI=1S/C14H17NOS2/c1-9(2)13-12(8-17)18-14(15-13)10-6-4-5-7-11(10)16-3/h4-7,9,17H,8H2,1-3H3. The SMILES string of the molecule is COc1ccccc1-c1nc(C(C)C)c(CS)s1. The molecule has 1 heterocycles. The Morgan fingerprint density at radius 3 is 2.61 bits per heavy atom. The molecular formula is C14H17NOS2. The van der Waals surface area contributed by atoms with E-state index in [1.807, 2.05) is 24.3 Å². The highest BCUT2D eigenvalue weighted by Gasteiger charge is 2.16. The maximum Gasteiger partial charge on any atom is 0.129 e. The van der Waals surface area contributed by atoms with Crippen LogP contribution >= 0.6 is 24.0 Å². The number of methoxy groups -OCH3 is 1. The molecule has 0 saturated heterocycles. The first kappa shape index (κ1) is 13.4. The summed E-state index contributed by atoms with van der Waals surface area (Å²) < 4.78 is 5.39. The summed E-state index contributed by atoms with van der Waals surface area (Å²) in [5.74, 6) is 2.03. The predicted molar refractivity (Wildman–Crippen MR) is 80.9 cm³/mol. The van der Waals surface area contributed by atoms with E-state index in [1.54, 1.807) is 18.4 Å². The molecule has 0 aliphatic carbocycles. The topological polar surface area (TPSA) is 22.1 Å². The largest absolute Gasteiger partial charge is 0.496 e. The zero-order valence-electron chi connectivity index (χ0n) is 10.8. The number of thiazole rings is 1. The summed E-state index contributed by atoms with van der Waals surface area (Å²) in [6.07, 6.45) is 0. The van der Waals surface area contributed by atoms with E-state index in [2.05, 4.69) is 26.5 Å². The molecule has 96 valence electrons. The van der Waals surface area contributed by atoms with Crippen LogP contribution in [0.15, 0.2) is 24.3 Å². The highest BCUT2D eigenvalue weighted by Crippen LogP contribution is 2.36. The molecule has 4 heteroatoms. The Kier molecular flexibility index (Phi) is 4.30. The van der Waals surface area contributed by atoms with Gasteiger partial charge in [-0.05, 0) is 18.1 Å². The summed E-state index contributed by atoms with van der Waals surface area (Å²) in [4.78, 5) is 5.99. The summed E-state index contributed by atoms with van der Waals surface area (Å²) in [6.45, 7) is 4.32. The minimum Gasteiger partial charge on any atom is -0.496 e. The van der Waals surface area contributed by atoms with E-state index in [9.17, 15) is 0 Å². The lowest BCUT2D eigenvalue weighted by atomic mass is 10.1. The van der Waals surface area contributed by atoms with Crippen molar-refractivity contribution in [1.29, 1.82) is 0 Å². The van der Waals surface area contributed by atoms with Gasteiger partial charge >= 0.3 is 0 Å². The van der Waals surface area contributed by atoms with Crippen molar-refractivity contribution in [3.63, 3.8) is 0 Å². The molecule has 0 spiro atoms. The highest BCUT2D eigenvalue weighted by atomic mass is 32.1. The summed E-state index contributed by atoms with van der Waals surface area (Å²) >= 11 is 6.09. The minimum absolute atomic E-state index is 0.423. The lowest BCUT2D eigenvalue weighted by Gasteiger charge is -2.04. The molecule has 2 rings (SSSR count). The third-order valence-corrected chi connectivity index (χ3v) is 4.39. The fourth-order valence-electron chi connectivity index (χ4n) is 1.86. The summed E-state index contributed by atoms with van der Waals surface area (Å²) in [6, 6.07) is 7.99. The molecule has 0 N–H and O–H groups in total. The molecule has 2 aromatic rings. The second-order valence-electron chi connectivity index (χ2n) is 4.34. The van der Waals surface area contributed by atoms with Crippen molar-refractivity contribution < 1.29 is 4.74 Å². The van der Waals surface area contributed by atoms with E-state index in [0.29, 0.717) is 5.92 Å². The quantitative estimate of drug-likeness (QED) is 0.839. The molecule has 1 aromatic carbocycles. The number of nitrogens with zero attached hydrogens (tertiary/aromatic N) is 1. The fraction of sp³-hybridized carbons (Fsp3) is 0.357. The second-order valence-corrected chi connectivity index (χ2v) is 5.74. The van der Waals surface area contributed by atoms with Crippen molar-refractivity contribution in [2.45, 2.75) is 25.5 Å². The Balaban J connectivity index is 2.51. The van der Waals surface area contributed by atoms with Gasteiger partial charge in [0.05, 0.1) is 18.4 Å². The van der Waals surface area contributed by atoms with Crippen LogP contribution in [0.25, 0.3) is 10.6 Å². The molecule has 0 radical (unpaired) electrons. The number of para-hydroxylation sites is 1. The highest BCUT2D eigenvalue weighted by molar-refractivity contribution is 7.79. The Morgan fingerprint density at radius 2 is 2.06 bits per heavy atom. The molecule has 0 aliphatic rings. The first-order valence-corrected chi connectivity index (χ1v) is 7.36. The van der Waals surface area contributed by atoms with E-state index >= 15 is 0 Å². The first-order chi connectivity index (χ1) is 8.67. The van der Waals surface area contributed by atoms with Crippen LogP contribution in [-0.2, 0) is 5.75 Å². The van der Waals surface area contributed by atoms with Gasteiger partial charge in [0.25, 0.3) is 0 Å². The van der Waals surface area contributed by atoms with Crippen molar-refractivity contribution in [3.05, 3.63) is 34.8 Å². The molecule has 0 atom stereocenters. The lowest BCUT2D eigenvalue weighted by molar-refractivity contribution is 0.416. The van der Waals surface area contributed by atoms with Crippen LogP contribution in [0.2, 0.25) is 0 Å². The van der Waals surface area contributed by atoms with Crippen molar-refractivity contribution >= 4 is 24.0 Å². The monoisotopic (exact) mass is 279 g/mol. The lowest BCUT2D eigenvalue weighted by Crippen LogP contribution is -1.92. The maximum atomic E-state index is 5.39. The molecule has 0 bridgehead atoms. The summed E-state index contributed by atoms with van der Waals surface area (Å²) in [5.41, 5.74) is 2.20. The molecule has 18 heavy (non-hydrogen) atoms. The second kappa shape index (κ2) is 5.76.